The smallest absolute Gasteiger partial charge is 0.236 e. The van der Waals surface area contributed by atoms with E-state index in [1.54, 1.807) is 0 Å². The van der Waals surface area contributed by atoms with E-state index in [-0.39, 0.29) is 5.91 Å². The van der Waals surface area contributed by atoms with Crippen LogP contribution in [-0.4, -0.2) is 61.4 Å². The van der Waals surface area contributed by atoms with Gasteiger partial charge >= 0.3 is 0 Å². The highest BCUT2D eigenvalue weighted by Gasteiger charge is 2.17. The Hall–Kier alpha value is -0.650. The summed E-state index contributed by atoms with van der Waals surface area (Å²) in [5.74, 6) is 0.131. The fourth-order valence-corrected chi connectivity index (χ4v) is 1.95. The fourth-order valence-electron chi connectivity index (χ4n) is 1.95. The molecule has 1 fully saturated rings. The lowest BCUT2D eigenvalue weighted by Crippen LogP contribution is -2.39. The number of hydrogen-bond acceptors (Lipinski definition) is 4. The lowest BCUT2D eigenvalue weighted by molar-refractivity contribution is -0.129. The number of aliphatic hydroxyl groups is 1. The molecule has 1 amide bonds. The van der Waals surface area contributed by atoms with Gasteiger partial charge in [-0.15, -0.1) is 0 Å². The molecule has 1 aliphatic heterocycles. The molecule has 1 saturated heterocycles. The van der Waals surface area contributed by atoms with E-state index in [9.17, 15) is 9.90 Å². The molecule has 1 rings (SSSR count). The topological polar surface area (TPSA) is 61.8 Å². The van der Waals surface area contributed by atoms with Gasteiger partial charge in [0, 0.05) is 26.2 Å². The molecule has 106 valence electrons. The number of amides is 1. The third kappa shape index (κ3) is 6.33. The molecule has 0 bridgehead atoms. The fraction of sp³-hybridized carbons (Fsp3) is 0.923. The van der Waals surface area contributed by atoms with Crippen LogP contribution in [0.3, 0.4) is 0 Å². The summed E-state index contributed by atoms with van der Waals surface area (Å²) in [4.78, 5) is 13.5. The first-order valence-corrected chi connectivity index (χ1v) is 6.98. The van der Waals surface area contributed by atoms with Gasteiger partial charge in [-0.1, -0.05) is 13.3 Å². The SMILES string of the molecule is CCCCOCC(O)CNCC(=O)N1CCCC1. The van der Waals surface area contributed by atoms with Crippen LogP contribution in [0.5, 0.6) is 0 Å². The molecule has 0 radical (unpaired) electrons. The number of aliphatic hydroxyl groups excluding tert-OH is 1. The number of carbonyl (C=O) groups is 1. The average Bonchev–Trinajstić information content (AvgIpc) is 2.88. The van der Waals surface area contributed by atoms with Crippen LogP contribution in [0.25, 0.3) is 0 Å². The van der Waals surface area contributed by atoms with Gasteiger partial charge in [0.1, 0.15) is 0 Å². The van der Waals surface area contributed by atoms with E-state index in [0.29, 0.717) is 26.3 Å². The van der Waals surface area contributed by atoms with Crippen LogP contribution < -0.4 is 5.32 Å². The second-order valence-electron chi connectivity index (χ2n) is 4.80. The first-order chi connectivity index (χ1) is 8.74. The van der Waals surface area contributed by atoms with Crippen LogP contribution >= 0.6 is 0 Å². The third-order valence-corrected chi connectivity index (χ3v) is 3.07. The number of unbranched alkanes of at least 4 members (excludes halogenated alkanes) is 1. The zero-order chi connectivity index (χ0) is 13.2. The summed E-state index contributed by atoms with van der Waals surface area (Å²) in [7, 11) is 0. The van der Waals surface area contributed by atoms with Crippen LogP contribution in [0.1, 0.15) is 32.6 Å². The second kappa shape index (κ2) is 9.30. The molecule has 1 atom stereocenters. The third-order valence-electron chi connectivity index (χ3n) is 3.07. The van der Waals surface area contributed by atoms with E-state index in [4.69, 9.17) is 4.74 Å². The highest BCUT2D eigenvalue weighted by molar-refractivity contribution is 5.78. The molecule has 0 aliphatic carbocycles. The molecule has 5 nitrogen and oxygen atoms in total. The molecule has 1 aliphatic rings. The molecule has 2 N–H and O–H groups in total. The standard InChI is InChI=1S/C13H26N2O3/c1-2-3-8-18-11-12(16)9-14-10-13(17)15-6-4-5-7-15/h12,14,16H,2-11H2,1H3. The number of likely N-dealkylation sites (tertiary alicyclic amines) is 1. The molecule has 5 heteroatoms. The lowest BCUT2D eigenvalue weighted by atomic mass is 10.3. The van der Waals surface area contributed by atoms with Crippen molar-refractivity contribution in [2.24, 2.45) is 0 Å². The number of hydrogen-bond donors (Lipinski definition) is 2. The monoisotopic (exact) mass is 258 g/mol. The Bertz CT molecular complexity index is 230. The number of carbonyl (C=O) groups excluding carboxylic acids is 1. The van der Waals surface area contributed by atoms with E-state index < -0.39 is 6.10 Å². The van der Waals surface area contributed by atoms with Gasteiger partial charge in [-0.05, 0) is 19.3 Å². The minimum absolute atomic E-state index is 0.131. The van der Waals surface area contributed by atoms with E-state index in [0.717, 1.165) is 38.8 Å². The van der Waals surface area contributed by atoms with E-state index in [2.05, 4.69) is 12.2 Å². The molecule has 1 unspecified atom stereocenters. The molecule has 0 aromatic carbocycles. The van der Waals surface area contributed by atoms with Gasteiger partial charge in [0.2, 0.25) is 5.91 Å². The van der Waals surface area contributed by atoms with Crippen molar-refractivity contribution in [2.45, 2.75) is 38.7 Å². The Labute approximate surface area is 109 Å². The highest BCUT2D eigenvalue weighted by atomic mass is 16.5. The highest BCUT2D eigenvalue weighted by Crippen LogP contribution is 2.06. The van der Waals surface area contributed by atoms with Crippen LogP contribution in [-0.2, 0) is 9.53 Å². The van der Waals surface area contributed by atoms with Gasteiger partial charge in [-0.3, -0.25) is 4.79 Å². The largest absolute Gasteiger partial charge is 0.389 e. The zero-order valence-corrected chi connectivity index (χ0v) is 11.4. The summed E-state index contributed by atoms with van der Waals surface area (Å²) in [5.41, 5.74) is 0. The molecule has 1 heterocycles. The van der Waals surface area contributed by atoms with Crippen LogP contribution in [0.2, 0.25) is 0 Å². The minimum atomic E-state index is -0.534. The second-order valence-corrected chi connectivity index (χ2v) is 4.80. The van der Waals surface area contributed by atoms with Crippen LogP contribution in [0.15, 0.2) is 0 Å². The van der Waals surface area contributed by atoms with E-state index in [1.165, 1.54) is 0 Å². The Balaban J connectivity index is 1.97. The first-order valence-electron chi connectivity index (χ1n) is 6.98. The minimum Gasteiger partial charge on any atom is -0.389 e. The van der Waals surface area contributed by atoms with Crippen molar-refractivity contribution in [1.82, 2.24) is 10.2 Å². The molecular weight excluding hydrogens is 232 g/mol. The molecule has 0 aromatic heterocycles. The summed E-state index contributed by atoms with van der Waals surface area (Å²) in [6.45, 7) is 5.61. The predicted molar refractivity (Wildman–Crippen MR) is 70.4 cm³/mol. The Morgan fingerprint density at radius 1 is 1.44 bits per heavy atom. The van der Waals surface area contributed by atoms with Gasteiger partial charge in [-0.25, -0.2) is 0 Å². The Kier molecular flexibility index (Phi) is 7.96. The zero-order valence-electron chi connectivity index (χ0n) is 11.4. The normalized spacial score (nSPS) is 17.1. The van der Waals surface area contributed by atoms with Crippen molar-refractivity contribution < 1.29 is 14.6 Å². The van der Waals surface area contributed by atoms with Crippen molar-refractivity contribution in [2.75, 3.05) is 39.4 Å². The van der Waals surface area contributed by atoms with Crippen LogP contribution in [0, 0.1) is 0 Å². The Morgan fingerprint density at radius 2 is 2.17 bits per heavy atom. The van der Waals surface area contributed by atoms with Gasteiger partial charge in [0.25, 0.3) is 0 Å². The quantitative estimate of drug-likeness (QED) is 0.587. The van der Waals surface area contributed by atoms with Crippen molar-refractivity contribution in [3.8, 4) is 0 Å². The maximum Gasteiger partial charge on any atom is 0.236 e. The predicted octanol–water partition coefficient (Wildman–Crippen LogP) is 0.376. The maximum absolute atomic E-state index is 11.7. The molecule has 0 aromatic rings. The molecule has 0 spiro atoms. The lowest BCUT2D eigenvalue weighted by Gasteiger charge is -2.17. The van der Waals surface area contributed by atoms with Gasteiger partial charge in [-0.2, -0.15) is 0 Å². The molecule has 0 saturated carbocycles. The van der Waals surface area contributed by atoms with Crippen molar-refractivity contribution in [1.29, 1.82) is 0 Å². The molecular formula is C13H26N2O3. The number of nitrogens with one attached hydrogen (secondary N) is 1. The van der Waals surface area contributed by atoms with Gasteiger partial charge in [0.15, 0.2) is 0 Å². The summed E-state index contributed by atoms with van der Waals surface area (Å²) in [5, 5.41) is 12.6. The molecule has 18 heavy (non-hydrogen) atoms. The van der Waals surface area contributed by atoms with Crippen LogP contribution in [0.4, 0.5) is 0 Å². The van der Waals surface area contributed by atoms with E-state index in [1.807, 2.05) is 4.90 Å². The number of ether oxygens (including phenoxy) is 1. The first kappa shape index (κ1) is 15.4. The van der Waals surface area contributed by atoms with Gasteiger partial charge < -0.3 is 20.1 Å². The summed E-state index contributed by atoms with van der Waals surface area (Å²) >= 11 is 0. The summed E-state index contributed by atoms with van der Waals surface area (Å²) in [6, 6.07) is 0. The average molecular weight is 258 g/mol. The van der Waals surface area contributed by atoms with Crippen molar-refractivity contribution in [3.63, 3.8) is 0 Å². The maximum atomic E-state index is 11.7. The Morgan fingerprint density at radius 3 is 2.83 bits per heavy atom. The summed E-state index contributed by atoms with van der Waals surface area (Å²) in [6.07, 6.45) is 3.80. The summed E-state index contributed by atoms with van der Waals surface area (Å²) < 4.78 is 5.31. The van der Waals surface area contributed by atoms with Gasteiger partial charge in [0.05, 0.1) is 19.3 Å². The number of rotatable bonds is 9. The van der Waals surface area contributed by atoms with E-state index >= 15 is 0 Å². The van der Waals surface area contributed by atoms with Crippen molar-refractivity contribution in [3.05, 3.63) is 0 Å². The van der Waals surface area contributed by atoms with Crippen molar-refractivity contribution >= 4 is 5.91 Å². The number of nitrogens with zero attached hydrogens (tertiary/aromatic N) is 1.